The van der Waals surface area contributed by atoms with Gasteiger partial charge in [0.25, 0.3) is 5.91 Å². The van der Waals surface area contributed by atoms with Crippen molar-refractivity contribution >= 4 is 23.5 Å². The van der Waals surface area contributed by atoms with Crippen molar-refractivity contribution in [3.63, 3.8) is 0 Å². The molecule has 2 rings (SSSR count). The van der Waals surface area contributed by atoms with Crippen molar-refractivity contribution < 1.29 is 19.5 Å². The number of hydrogen-bond donors (Lipinski definition) is 2. The predicted molar refractivity (Wildman–Crippen MR) is 75.5 cm³/mol. The van der Waals surface area contributed by atoms with Gasteiger partial charge in [0, 0.05) is 26.4 Å². The van der Waals surface area contributed by atoms with Gasteiger partial charge in [-0.25, -0.2) is 5.01 Å². The molecule has 2 aliphatic rings. The van der Waals surface area contributed by atoms with Gasteiger partial charge in [0.2, 0.25) is 5.91 Å². The lowest BCUT2D eigenvalue weighted by Gasteiger charge is -2.28. The van der Waals surface area contributed by atoms with Crippen LogP contribution in [-0.2, 0) is 14.4 Å². The Kier molecular flexibility index (Phi) is 4.93. The minimum absolute atomic E-state index is 0.0243. The Morgan fingerprint density at radius 1 is 1.33 bits per heavy atom. The van der Waals surface area contributed by atoms with E-state index in [-0.39, 0.29) is 30.1 Å². The van der Waals surface area contributed by atoms with Gasteiger partial charge in [-0.3, -0.25) is 14.4 Å². The minimum atomic E-state index is -0.783. The Hall–Kier alpha value is -1.92. The molecule has 0 bridgehead atoms. The summed E-state index contributed by atoms with van der Waals surface area (Å²) >= 11 is 0. The second-order valence-electron chi connectivity index (χ2n) is 5.66. The van der Waals surface area contributed by atoms with E-state index in [1.165, 1.54) is 12.1 Å². The summed E-state index contributed by atoms with van der Waals surface area (Å²) in [7, 11) is 1.52. The molecule has 2 amide bonds. The molecule has 1 aliphatic heterocycles. The number of rotatable bonds is 4. The van der Waals surface area contributed by atoms with Crippen molar-refractivity contribution in [1.29, 1.82) is 0 Å². The van der Waals surface area contributed by atoms with E-state index >= 15 is 0 Å². The number of hydrazone groups is 1. The van der Waals surface area contributed by atoms with Crippen LogP contribution in [0.15, 0.2) is 5.10 Å². The number of nitrogens with one attached hydrogen (secondary N) is 1. The van der Waals surface area contributed by atoms with Crippen molar-refractivity contribution in [3.8, 4) is 0 Å². The summed E-state index contributed by atoms with van der Waals surface area (Å²) in [6, 6.07) is 0. The van der Waals surface area contributed by atoms with Crippen molar-refractivity contribution in [1.82, 2.24) is 10.3 Å². The molecule has 0 saturated heterocycles. The lowest BCUT2D eigenvalue weighted by Crippen LogP contribution is -2.42. The van der Waals surface area contributed by atoms with Crippen molar-refractivity contribution in [3.05, 3.63) is 0 Å². The average molecular weight is 295 g/mol. The van der Waals surface area contributed by atoms with Gasteiger partial charge in [0.1, 0.15) is 5.71 Å². The summed E-state index contributed by atoms with van der Waals surface area (Å²) in [5.74, 6) is -1.59. The molecule has 21 heavy (non-hydrogen) atoms. The highest BCUT2D eigenvalue weighted by Gasteiger charge is 2.31. The molecule has 7 nitrogen and oxygen atoms in total. The maximum absolute atomic E-state index is 12.0. The Morgan fingerprint density at radius 2 is 2.05 bits per heavy atom. The Morgan fingerprint density at radius 3 is 2.71 bits per heavy atom. The number of hydrogen-bond acceptors (Lipinski definition) is 4. The van der Waals surface area contributed by atoms with E-state index in [1.807, 2.05) is 0 Å². The van der Waals surface area contributed by atoms with Gasteiger partial charge in [-0.1, -0.05) is 12.8 Å². The van der Waals surface area contributed by atoms with Crippen LogP contribution in [0.5, 0.6) is 0 Å². The van der Waals surface area contributed by atoms with Gasteiger partial charge < -0.3 is 10.4 Å². The Bertz CT molecular complexity index is 475. The van der Waals surface area contributed by atoms with Crippen LogP contribution in [0.4, 0.5) is 0 Å². The molecule has 0 radical (unpaired) electrons. The molecule has 116 valence electrons. The van der Waals surface area contributed by atoms with Gasteiger partial charge in [-0.05, 0) is 18.8 Å². The molecule has 0 aromatic heterocycles. The minimum Gasteiger partial charge on any atom is -0.481 e. The number of amides is 2. The number of carboxylic acids is 1. The predicted octanol–water partition coefficient (Wildman–Crippen LogP) is 0.602. The lowest BCUT2D eigenvalue weighted by molar-refractivity contribution is -0.145. The number of nitrogens with zero attached hydrogens (tertiary/aromatic N) is 2. The maximum atomic E-state index is 12.0. The van der Waals surface area contributed by atoms with Gasteiger partial charge in [-0.15, -0.1) is 0 Å². The molecule has 1 aliphatic carbocycles. The highest BCUT2D eigenvalue weighted by molar-refractivity contribution is 6.39. The van der Waals surface area contributed by atoms with Crippen molar-refractivity contribution in [2.24, 2.45) is 16.9 Å². The van der Waals surface area contributed by atoms with Gasteiger partial charge in [-0.2, -0.15) is 5.10 Å². The van der Waals surface area contributed by atoms with E-state index in [1.54, 1.807) is 0 Å². The average Bonchev–Trinajstić information content (AvgIpc) is 2.47. The molecule has 2 unspecified atom stereocenters. The fourth-order valence-electron chi connectivity index (χ4n) is 2.94. The van der Waals surface area contributed by atoms with Gasteiger partial charge in [0.15, 0.2) is 0 Å². The smallest absolute Gasteiger partial charge is 0.306 e. The Labute approximate surface area is 123 Å². The van der Waals surface area contributed by atoms with Crippen LogP contribution < -0.4 is 5.32 Å². The maximum Gasteiger partial charge on any atom is 0.306 e. The van der Waals surface area contributed by atoms with Crippen LogP contribution >= 0.6 is 0 Å². The fraction of sp³-hybridized carbons (Fsp3) is 0.714. The molecular formula is C14H21N3O4. The molecule has 0 aromatic rings. The first-order chi connectivity index (χ1) is 9.99. The summed E-state index contributed by atoms with van der Waals surface area (Å²) in [4.78, 5) is 34.6. The van der Waals surface area contributed by atoms with Gasteiger partial charge in [0.05, 0.1) is 5.92 Å². The number of carboxylic acid groups (broad SMARTS) is 1. The molecule has 0 spiro atoms. The molecule has 1 saturated carbocycles. The van der Waals surface area contributed by atoms with Crippen LogP contribution in [0.3, 0.4) is 0 Å². The molecule has 7 heteroatoms. The van der Waals surface area contributed by atoms with E-state index in [0.29, 0.717) is 25.1 Å². The molecular weight excluding hydrogens is 274 g/mol. The molecule has 1 fully saturated rings. The second-order valence-corrected chi connectivity index (χ2v) is 5.66. The monoisotopic (exact) mass is 295 g/mol. The number of carbonyl (C=O) groups is 3. The van der Waals surface area contributed by atoms with Crippen LogP contribution in [0.25, 0.3) is 0 Å². The third kappa shape index (κ3) is 3.80. The quantitative estimate of drug-likeness (QED) is 0.793. The zero-order valence-electron chi connectivity index (χ0n) is 12.2. The summed E-state index contributed by atoms with van der Waals surface area (Å²) in [5.41, 5.74) is 0.333. The standard InChI is InChI=1S/C14H21N3O4/c1-17-12(18)7-6-11(16-17)13(19)15-8-9-4-2-3-5-10(9)14(20)21/h9-10H,2-8H2,1H3,(H,15,19)(H,20,21). The van der Waals surface area contributed by atoms with Crippen LogP contribution in [0.2, 0.25) is 0 Å². The van der Waals surface area contributed by atoms with Crippen molar-refractivity contribution in [2.45, 2.75) is 38.5 Å². The normalized spacial score (nSPS) is 26.2. The summed E-state index contributed by atoms with van der Waals surface area (Å²) < 4.78 is 0. The van der Waals surface area contributed by atoms with E-state index in [4.69, 9.17) is 0 Å². The van der Waals surface area contributed by atoms with Crippen LogP contribution in [0, 0.1) is 11.8 Å². The second kappa shape index (κ2) is 6.69. The molecule has 1 heterocycles. The van der Waals surface area contributed by atoms with Crippen molar-refractivity contribution in [2.75, 3.05) is 13.6 Å². The van der Waals surface area contributed by atoms with Crippen LogP contribution in [0.1, 0.15) is 38.5 Å². The summed E-state index contributed by atoms with van der Waals surface area (Å²) in [6.07, 6.45) is 4.05. The van der Waals surface area contributed by atoms with Crippen LogP contribution in [-0.4, -0.2) is 47.2 Å². The van der Waals surface area contributed by atoms with E-state index < -0.39 is 5.97 Å². The summed E-state index contributed by atoms with van der Waals surface area (Å²) in [5, 5.41) is 17.1. The fourth-order valence-corrected chi connectivity index (χ4v) is 2.94. The molecule has 2 N–H and O–H groups in total. The molecule has 0 aromatic carbocycles. The first-order valence-electron chi connectivity index (χ1n) is 7.34. The Balaban J connectivity index is 1.90. The highest BCUT2D eigenvalue weighted by Crippen LogP contribution is 2.29. The SMILES string of the molecule is CN1N=C(C(=O)NCC2CCCCC2C(=O)O)CCC1=O. The summed E-state index contributed by atoms with van der Waals surface area (Å²) in [6.45, 7) is 0.354. The zero-order valence-corrected chi connectivity index (χ0v) is 12.2. The molecule has 2 atom stereocenters. The third-order valence-electron chi connectivity index (χ3n) is 4.22. The van der Waals surface area contributed by atoms with E-state index in [9.17, 15) is 19.5 Å². The van der Waals surface area contributed by atoms with Gasteiger partial charge >= 0.3 is 5.97 Å². The van der Waals surface area contributed by atoms with E-state index in [2.05, 4.69) is 10.4 Å². The zero-order chi connectivity index (χ0) is 15.4. The lowest BCUT2D eigenvalue weighted by atomic mass is 9.79. The van der Waals surface area contributed by atoms with E-state index in [0.717, 1.165) is 19.3 Å². The third-order valence-corrected chi connectivity index (χ3v) is 4.22. The highest BCUT2D eigenvalue weighted by atomic mass is 16.4. The largest absolute Gasteiger partial charge is 0.481 e. The topological polar surface area (TPSA) is 99.1 Å². The number of aliphatic carboxylic acids is 1. The number of carbonyl (C=O) groups excluding carboxylic acids is 2. The first kappa shape index (κ1) is 15.5. The first-order valence-corrected chi connectivity index (χ1v) is 7.34.